The Morgan fingerprint density at radius 2 is 1.72 bits per heavy atom. The van der Waals surface area contributed by atoms with Crippen molar-refractivity contribution in [2.24, 2.45) is 11.7 Å². The largest absolute Gasteiger partial charge is 0.352 e. The Morgan fingerprint density at radius 3 is 2.22 bits per heavy atom. The molecule has 3 nitrogen and oxygen atoms in total. The average molecular weight is 277 g/mol. The van der Waals surface area contributed by atoms with Gasteiger partial charge in [-0.3, -0.25) is 4.79 Å². The maximum Gasteiger partial charge on any atom is 0.240 e. The summed E-state index contributed by atoms with van der Waals surface area (Å²) >= 11 is 0. The highest BCUT2D eigenvalue weighted by Crippen LogP contribution is 2.26. The van der Waals surface area contributed by atoms with Crippen LogP contribution in [0.15, 0.2) is 0 Å². The third kappa shape index (κ3) is 5.57. The molecule has 1 atom stereocenters. The van der Waals surface area contributed by atoms with E-state index in [2.05, 4.69) is 26.1 Å². The predicted octanol–water partition coefficient (Wildman–Crippen LogP) is 3.01. The third-order valence-electron chi connectivity index (χ3n) is 3.75. The zero-order valence-electron chi connectivity index (χ0n) is 12.0. The van der Waals surface area contributed by atoms with E-state index in [4.69, 9.17) is 5.73 Å². The summed E-state index contributed by atoms with van der Waals surface area (Å²) in [5, 5.41) is 3.08. The van der Waals surface area contributed by atoms with E-state index in [1.165, 1.54) is 6.42 Å². The predicted molar refractivity (Wildman–Crippen MR) is 78.9 cm³/mol. The van der Waals surface area contributed by atoms with Gasteiger partial charge in [0.25, 0.3) is 0 Å². The second-order valence-corrected chi connectivity index (χ2v) is 6.06. The van der Waals surface area contributed by atoms with Crippen LogP contribution in [0.4, 0.5) is 0 Å². The minimum absolute atomic E-state index is 0. The molecule has 1 amide bonds. The summed E-state index contributed by atoms with van der Waals surface area (Å²) in [6.07, 6.45) is 7.27. The normalized spacial score (nSPS) is 20.1. The standard InChI is InChI=1S/C14H28N2O.ClH/c1-11(2)7-8-12(3)16-13(17)14(15)9-5-4-6-10-14;/h11-12H,4-10,15H2,1-3H3,(H,16,17);1H. The van der Waals surface area contributed by atoms with Gasteiger partial charge >= 0.3 is 0 Å². The molecule has 0 bridgehead atoms. The van der Waals surface area contributed by atoms with Crippen molar-refractivity contribution in [3.63, 3.8) is 0 Å². The zero-order chi connectivity index (χ0) is 12.9. The number of carbonyl (C=O) groups is 1. The SMILES string of the molecule is CC(C)CCC(C)NC(=O)C1(N)CCCCC1.Cl. The van der Waals surface area contributed by atoms with E-state index in [1.807, 2.05) is 0 Å². The lowest BCUT2D eigenvalue weighted by Crippen LogP contribution is -2.56. The van der Waals surface area contributed by atoms with Gasteiger partial charge < -0.3 is 11.1 Å². The van der Waals surface area contributed by atoms with Gasteiger partial charge in [0.2, 0.25) is 5.91 Å². The van der Waals surface area contributed by atoms with Gasteiger partial charge in [0, 0.05) is 6.04 Å². The van der Waals surface area contributed by atoms with Crippen molar-refractivity contribution in [2.45, 2.75) is 77.3 Å². The molecule has 0 aromatic carbocycles. The fourth-order valence-corrected chi connectivity index (χ4v) is 2.43. The number of nitrogens with two attached hydrogens (primary N) is 1. The Hall–Kier alpha value is -0.280. The molecule has 0 aromatic rings. The molecule has 1 fully saturated rings. The van der Waals surface area contributed by atoms with Crippen molar-refractivity contribution in [2.75, 3.05) is 0 Å². The second-order valence-electron chi connectivity index (χ2n) is 6.06. The molecule has 1 aliphatic carbocycles. The van der Waals surface area contributed by atoms with E-state index in [9.17, 15) is 4.79 Å². The first-order chi connectivity index (χ1) is 7.94. The van der Waals surface area contributed by atoms with E-state index in [0.717, 1.165) is 38.5 Å². The van der Waals surface area contributed by atoms with Crippen LogP contribution in [0.25, 0.3) is 0 Å². The minimum atomic E-state index is -0.593. The van der Waals surface area contributed by atoms with Crippen molar-refractivity contribution in [3.8, 4) is 0 Å². The Balaban J connectivity index is 0.00000289. The second kappa shape index (κ2) is 8.00. The maximum atomic E-state index is 12.1. The van der Waals surface area contributed by atoms with Crippen LogP contribution in [-0.4, -0.2) is 17.5 Å². The average Bonchev–Trinajstić information content (AvgIpc) is 2.27. The molecule has 0 radical (unpaired) electrons. The highest BCUT2D eigenvalue weighted by Gasteiger charge is 2.35. The van der Waals surface area contributed by atoms with Crippen LogP contribution >= 0.6 is 12.4 Å². The molecule has 18 heavy (non-hydrogen) atoms. The summed E-state index contributed by atoms with van der Waals surface area (Å²) in [5.41, 5.74) is 5.60. The quantitative estimate of drug-likeness (QED) is 0.811. The lowest BCUT2D eigenvalue weighted by molar-refractivity contribution is -0.128. The van der Waals surface area contributed by atoms with Crippen LogP contribution < -0.4 is 11.1 Å². The maximum absolute atomic E-state index is 12.1. The number of hydrogen-bond donors (Lipinski definition) is 2. The molecule has 0 saturated heterocycles. The van der Waals surface area contributed by atoms with Crippen molar-refractivity contribution >= 4 is 18.3 Å². The highest BCUT2D eigenvalue weighted by molar-refractivity contribution is 5.86. The van der Waals surface area contributed by atoms with E-state index in [-0.39, 0.29) is 24.4 Å². The summed E-state index contributed by atoms with van der Waals surface area (Å²) in [7, 11) is 0. The molecule has 1 saturated carbocycles. The minimum Gasteiger partial charge on any atom is -0.352 e. The number of rotatable bonds is 5. The molecular formula is C14H29ClN2O. The van der Waals surface area contributed by atoms with E-state index < -0.39 is 5.54 Å². The highest BCUT2D eigenvalue weighted by atomic mass is 35.5. The summed E-state index contributed by atoms with van der Waals surface area (Å²) in [5.74, 6) is 0.754. The summed E-state index contributed by atoms with van der Waals surface area (Å²) in [4.78, 5) is 12.1. The van der Waals surface area contributed by atoms with Gasteiger partial charge in [-0.25, -0.2) is 0 Å². The van der Waals surface area contributed by atoms with E-state index >= 15 is 0 Å². The molecule has 1 aliphatic rings. The monoisotopic (exact) mass is 276 g/mol. The van der Waals surface area contributed by atoms with Gasteiger partial charge in [-0.15, -0.1) is 12.4 Å². The first-order valence-electron chi connectivity index (χ1n) is 7.04. The van der Waals surface area contributed by atoms with Crippen LogP contribution in [0.3, 0.4) is 0 Å². The van der Waals surface area contributed by atoms with Gasteiger partial charge in [0.05, 0.1) is 5.54 Å². The first kappa shape index (κ1) is 17.7. The first-order valence-corrected chi connectivity index (χ1v) is 7.04. The van der Waals surface area contributed by atoms with Crippen LogP contribution in [0.2, 0.25) is 0 Å². The molecule has 0 aromatic heterocycles. The van der Waals surface area contributed by atoms with E-state index in [1.54, 1.807) is 0 Å². The molecule has 0 spiro atoms. The van der Waals surface area contributed by atoms with Crippen LogP contribution in [-0.2, 0) is 4.79 Å². The van der Waals surface area contributed by atoms with Crippen molar-refractivity contribution in [1.29, 1.82) is 0 Å². The van der Waals surface area contributed by atoms with Gasteiger partial charge in [-0.2, -0.15) is 0 Å². The van der Waals surface area contributed by atoms with Gasteiger partial charge in [0.15, 0.2) is 0 Å². The Morgan fingerprint density at radius 1 is 1.17 bits per heavy atom. The Labute approximate surface area is 118 Å². The fraction of sp³-hybridized carbons (Fsp3) is 0.929. The summed E-state index contributed by atoms with van der Waals surface area (Å²) < 4.78 is 0. The molecule has 0 aliphatic heterocycles. The number of amides is 1. The van der Waals surface area contributed by atoms with Crippen LogP contribution in [0.1, 0.15) is 65.7 Å². The van der Waals surface area contributed by atoms with Gasteiger partial charge in [0.1, 0.15) is 0 Å². The number of hydrogen-bond acceptors (Lipinski definition) is 2. The molecule has 1 rings (SSSR count). The van der Waals surface area contributed by atoms with Crippen LogP contribution in [0, 0.1) is 5.92 Å². The third-order valence-corrected chi connectivity index (χ3v) is 3.75. The zero-order valence-corrected chi connectivity index (χ0v) is 12.8. The smallest absolute Gasteiger partial charge is 0.240 e. The Kier molecular flexibility index (Phi) is 7.88. The Bertz CT molecular complexity index is 250. The molecule has 0 heterocycles. The molecule has 4 heteroatoms. The van der Waals surface area contributed by atoms with E-state index in [0.29, 0.717) is 5.92 Å². The van der Waals surface area contributed by atoms with Crippen LogP contribution in [0.5, 0.6) is 0 Å². The number of carbonyl (C=O) groups excluding carboxylic acids is 1. The molecule has 108 valence electrons. The number of nitrogens with one attached hydrogen (secondary N) is 1. The topological polar surface area (TPSA) is 55.1 Å². The lowest BCUT2D eigenvalue weighted by atomic mass is 9.81. The molecular weight excluding hydrogens is 248 g/mol. The van der Waals surface area contributed by atoms with Gasteiger partial charge in [-0.05, 0) is 38.5 Å². The summed E-state index contributed by atoms with van der Waals surface area (Å²) in [6, 6.07) is 0.243. The lowest BCUT2D eigenvalue weighted by Gasteiger charge is -2.33. The fourth-order valence-electron chi connectivity index (χ4n) is 2.43. The van der Waals surface area contributed by atoms with Crippen molar-refractivity contribution in [3.05, 3.63) is 0 Å². The van der Waals surface area contributed by atoms with Crippen molar-refractivity contribution in [1.82, 2.24) is 5.32 Å². The van der Waals surface area contributed by atoms with Crippen molar-refractivity contribution < 1.29 is 4.79 Å². The molecule has 1 unspecified atom stereocenters. The summed E-state index contributed by atoms with van der Waals surface area (Å²) in [6.45, 7) is 6.49. The van der Waals surface area contributed by atoms with Gasteiger partial charge in [-0.1, -0.05) is 33.1 Å². The molecule has 3 N–H and O–H groups in total. The number of halogens is 1.